The Bertz CT molecular complexity index is 373. The Morgan fingerprint density at radius 3 is 2.87 bits per heavy atom. The first kappa shape index (κ1) is 10.4. The summed E-state index contributed by atoms with van der Waals surface area (Å²) >= 11 is 0. The second-order valence-electron chi connectivity index (χ2n) is 4.10. The SMILES string of the molecule is CCOC1(C=O)Cc2ccccc2C1C. The lowest BCUT2D eigenvalue weighted by Gasteiger charge is -2.27. The van der Waals surface area contributed by atoms with Crippen LogP contribution in [0, 0.1) is 0 Å². The molecule has 0 N–H and O–H groups in total. The fourth-order valence-electron chi connectivity index (χ4n) is 2.45. The van der Waals surface area contributed by atoms with Crippen LogP contribution in [0.15, 0.2) is 24.3 Å². The molecule has 0 radical (unpaired) electrons. The van der Waals surface area contributed by atoms with Crippen LogP contribution in [-0.2, 0) is 16.0 Å². The molecule has 0 aromatic heterocycles. The molecule has 0 spiro atoms. The Kier molecular flexibility index (Phi) is 2.61. The molecule has 1 aliphatic rings. The molecule has 1 aliphatic carbocycles. The number of carbonyl (C=O) groups excluding carboxylic acids is 1. The summed E-state index contributed by atoms with van der Waals surface area (Å²) in [6, 6.07) is 8.20. The van der Waals surface area contributed by atoms with Gasteiger partial charge in [0, 0.05) is 18.9 Å². The standard InChI is InChI=1S/C13H16O2/c1-3-15-13(9-14)8-11-6-4-5-7-12(11)10(13)2/h4-7,9-10H,3,8H2,1-2H3. The largest absolute Gasteiger partial charge is 0.367 e. The van der Waals surface area contributed by atoms with Crippen molar-refractivity contribution in [1.29, 1.82) is 0 Å². The second-order valence-corrected chi connectivity index (χ2v) is 4.10. The monoisotopic (exact) mass is 204 g/mol. The molecule has 0 aliphatic heterocycles. The van der Waals surface area contributed by atoms with E-state index in [1.807, 2.05) is 19.1 Å². The molecule has 0 saturated carbocycles. The summed E-state index contributed by atoms with van der Waals surface area (Å²) in [6.45, 7) is 4.58. The Morgan fingerprint density at radius 1 is 1.53 bits per heavy atom. The zero-order valence-electron chi connectivity index (χ0n) is 9.19. The van der Waals surface area contributed by atoms with Gasteiger partial charge in [-0.1, -0.05) is 31.2 Å². The third kappa shape index (κ3) is 1.49. The first-order valence-corrected chi connectivity index (χ1v) is 5.41. The molecule has 2 atom stereocenters. The van der Waals surface area contributed by atoms with E-state index in [1.54, 1.807) is 0 Å². The maximum absolute atomic E-state index is 11.3. The molecular weight excluding hydrogens is 188 g/mol. The van der Waals surface area contributed by atoms with Gasteiger partial charge in [0.25, 0.3) is 0 Å². The highest BCUT2D eigenvalue weighted by Gasteiger charge is 2.44. The third-order valence-electron chi connectivity index (χ3n) is 3.33. The highest BCUT2D eigenvalue weighted by molar-refractivity contribution is 5.69. The number of rotatable bonds is 3. The average Bonchev–Trinajstić information content (AvgIpc) is 2.54. The molecule has 1 aromatic carbocycles. The van der Waals surface area contributed by atoms with Crippen molar-refractivity contribution in [2.45, 2.75) is 31.8 Å². The zero-order valence-corrected chi connectivity index (χ0v) is 9.19. The summed E-state index contributed by atoms with van der Waals surface area (Å²) in [5.74, 6) is 0.158. The van der Waals surface area contributed by atoms with E-state index in [-0.39, 0.29) is 5.92 Å². The molecule has 15 heavy (non-hydrogen) atoms. The van der Waals surface area contributed by atoms with Crippen LogP contribution < -0.4 is 0 Å². The summed E-state index contributed by atoms with van der Waals surface area (Å²) < 4.78 is 5.67. The van der Waals surface area contributed by atoms with E-state index in [1.165, 1.54) is 11.1 Å². The van der Waals surface area contributed by atoms with E-state index in [0.717, 1.165) is 6.29 Å². The average molecular weight is 204 g/mol. The van der Waals surface area contributed by atoms with Gasteiger partial charge in [-0.25, -0.2) is 0 Å². The van der Waals surface area contributed by atoms with Crippen molar-refractivity contribution in [2.75, 3.05) is 6.61 Å². The van der Waals surface area contributed by atoms with Crippen molar-refractivity contribution >= 4 is 6.29 Å². The molecular formula is C13H16O2. The molecule has 0 amide bonds. The van der Waals surface area contributed by atoms with Gasteiger partial charge in [0.05, 0.1) is 0 Å². The number of carbonyl (C=O) groups is 1. The first-order valence-electron chi connectivity index (χ1n) is 5.41. The second kappa shape index (κ2) is 3.78. The van der Waals surface area contributed by atoms with Crippen LogP contribution in [0.2, 0.25) is 0 Å². The molecule has 2 heteroatoms. The number of hydrogen-bond acceptors (Lipinski definition) is 2. The lowest BCUT2D eigenvalue weighted by molar-refractivity contribution is -0.132. The van der Waals surface area contributed by atoms with Crippen molar-refractivity contribution in [3.05, 3.63) is 35.4 Å². The Balaban J connectivity index is 2.39. The minimum absolute atomic E-state index is 0.158. The summed E-state index contributed by atoms with van der Waals surface area (Å²) in [4.78, 5) is 11.3. The van der Waals surface area contributed by atoms with E-state index in [0.29, 0.717) is 13.0 Å². The van der Waals surface area contributed by atoms with Crippen molar-refractivity contribution in [1.82, 2.24) is 0 Å². The molecule has 2 unspecified atom stereocenters. The van der Waals surface area contributed by atoms with Gasteiger partial charge in [-0.3, -0.25) is 0 Å². The van der Waals surface area contributed by atoms with E-state index in [9.17, 15) is 4.79 Å². The van der Waals surface area contributed by atoms with Gasteiger partial charge in [0.15, 0.2) is 6.29 Å². The smallest absolute Gasteiger partial charge is 0.152 e. The van der Waals surface area contributed by atoms with Gasteiger partial charge >= 0.3 is 0 Å². The first-order chi connectivity index (χ1) is 7.23. The molecule has 80 valence electrons. The van der Waals surface area contributed by atoms with Gasteiger partial charge in [0.2, 0.25) is 0 Å². The normalized spacial score (nSPS) is 28.8. The molecule has 0 bridgehead atoms. The topological polar surface area (TPSA) is 26.3 Å². The molecule has 0 heterocycles. The van der Waals surface area contributed by atoms with Crippen molar-refractivity contribution in [3.63, 3.8) is 0 Å². The molecule has 0 fully saturated rings. The summed E-state index contributed by atoms with van der Waals surface area (Å²) in [5, 5.41) is 0. The van der Waals surface area contributed by atoms with Gasteiger partial charge in [-0.2, -0.15) is 0 Å². The number of fused-ring (bicyclic) bond motifs is 1. The van der Waals surface area contributed by atoms with Gasteiger partial charge < -0.3 is 9.53 Å². The van der Waals surface area contributed by atoms with Crippen molar-refractivity contribution < 1.29 is 9.53 Å². The maximum atomic E-state index is 11.3. The van der Waals surface area contributed by atoms with Crippen molar-refractivity contribution in [3.8, 4) is 0 Å². The van der Waals surface area contributed by atoms with Crippen LogP contribution in [0.1, 0.15) is 30.9 Å². The number of benzene rings is 1. The van der Waals surface area contributed by atoms with E-state index in [4.69, 9.17) is 4.74 Å². The van der Waals surface area contributed by atoms with E-state index < -0.39 is 5.60 Å². The minimum Gasteiger partial charge on any atom is -0.367 e. The highest BCUT2D eigenvalue weighted by atomic mass is 16.5. The predicted molar refractivity (Wildman–Crippen MR) is 59.0 cm³/mol. The molecule has 2 nitrogen and oxygen atoms in total. The van der Waals surface area contributed by atoms with Gasteiger partial charge in [0.1, 0.15) is 5.60 Å². The Morgan fingerprint density at radius 2 is 2.27 bits per heavy atom. The fourth-order valence-corrected chi connectivity index (χ4v) is 2.45. The van der Waals surface area contributed by atoms with Gasteiger partial charge in [-0.15, -0.1) is 0 Å². The Hall–Kier alpha value is -1.15. The third-order valence-corrected chi connectivity index (χ3v) is 3.33. The number of aldehydes is 1. The molecule has 0 saturated heterocycles. The summed E-state index contributed by atoms with van der Waals surface area (Å²) in [7, 11) is 0. The van der Waals surface area contributed by atoms with Crippen LogP contribution in [0.3, 0.4) is 0 Å². The lowest BCUT2D eigenvalue weighted by atomic mass is 9.91. The highest BCUT2D eigenvalue weighted by Crippen LogP contribution is 2.41. The maximum Gasteiger partial charge on any atom is 0.152 e. The van der Waals surface area contributed by atoms with E-state index in [2.05, 4.69) is 19.1 Å². The number of ether oxygens (including phenoxy) is 1. The summed E-state index contributed by atoms with van der Waals surface area (Å²) in [5.41, 5.74) is 1.86. The van der Waals surface area contributed by atoms with Crippen LogP contribution in [0.4, 0.5) is 0 Å². The van der Waals surface area contributed by atoms with Crippen LogP contribution in [0.5, 0.6) is 0 Å². The number of hydrogen-bond donors (Lipinski definition) is 0. The van der Waals surface area contributed by atoms with E-state index >= 15 is 0 Å². The van der Waals surface area contributed by atoms with Crippen LogP contribution in [0.25, 0.3) is 0 Å². The summed E-state index contributed by atoms with van der Waals surface area (Å²) in [6.07, 6.45) is 1.68. The van der Waals surface area contributed by atoms with Gasteiger partial charge in [-0.05, 0) is 18.1 Å². The molecule has 1 aromatic rings. The lowest BCUT2D eigenvalue weighted by Crippen LogP contribution is -2.38. The zero-order chi connectivity index (χ0) is 10.9. The fraction of sp³-hybridized carbons (Fsp3) is 0.462. The predicted octanol–water partition coefficient (Wildman–Crippen LogP) is 2.32. The minimum atomic E-state index is -0.627. The van der Waals surface area contributed by atoms with Crippen molar-refractivity contribution in [2.24, 2.45) is 0 Å². The van der Waals surface area contributed by atoms with Crippen LogP contribution in [-0.4, -0.2) is 18.5 Å². The molecule has 2 rings (SSSR count). The van der Waals surface area contributed by atoms with Crippen LogP contribution >= 0.6 is 0 Å². The Labute approximate surface area is 90.3 Å². The quantitative estimate of drug-likeness (QED) is 0.706.